The van der Waals surface area contributed by atoms with Crippen molar-refractivity contribution in [1.29, 1.82) is 0 Å². The maximum atomic E-state index is 13.2. The van der Waals surface area contributed by atoms with Gasteiger partial charge < -0.3 is 10.2 Å². The van der Waals surface area contributed by atoms with Crippen LogP contribution in [0.3, 0.4) is 0 Å². The van der Waals surface area contributed by atoms with Crippen LogP contribution in [0, 0.1) is 13.8 Å². The van der Waals surface area contributed by atoms with Crippen molar-refractivity contribution in [2.45, 2.75) is 66.0 Å². The van der Waals surface area contributed by atoms with Crippen molar-refractivity contribution in [2.75, 3.05) is 6.54 Å². The van der Waals surface area contributed by atoms with Crippen LogP contribution in [-0.4, -0.2) is 29.3 Å². The van der Waals surface area contributed by atoms with Crippen LogP contribution >= 0.6 is 0 Å². The summed E-state index contributed by atoms with van der Waals surface area (Å²) < 4.78 is 0. The minimum Gasteiger partial charge on any atom is -0.354 e. The van der Waals surface area contributed by atoms with Crippen LogP contribution in [0.1, 0.15) is 55.4 Å². The fourth-order valence-electron chi connectivity index (χ4n) is 3.30. The Bertz CT molecular complexity index is 781. The summed E-state index contributed by atoms with van der Waals surface area (Å²) in [5.74, 6) is -0.0859. The van der Waals surface area contributed by atoms with E-state index in [0.717, 1.165) is 24.0 Å². The maximum absolute atomic E-state index is 13.2. The molecular formula is C25H34N2O2. The fourth-order valence-corrected chi connectivity index (χ4v) is 3.30. The van der Waals surface area contributed by atoms with Crippen LogP contribution in [0.5, 0.6) is 0 Å². The van der Waals surface area contributed by atoms with Crippen LogP contribution < -0.4 is 5.32 Å². The summed E-state index contributed by atoms with van der Waals surface area (Å²) in [7, 11) is 0. The SMILES string of the molecule is CCCCNC(=O)C(CC)N(Cc1ccc(C)cc1)C(=O)Cc1ccc(C)cc1. The Balaban J connectivity index is 2.22. The summed E-state index contributed by atoms with van der Waals surface area (Å²) in [6, 6.07) is 15.7. The lowest BCUT2D eigenvalue weighted by Gasteiger charge is -2.31. The topological polar surface area (TPSA) is 49.4 Å². The molecule has 0 aliphatic heterocycles. The molecule has 0 spiro atoms. The standard InChI is InChI=1S/C25H34N2O2/c1-5-7-16-26-25(29)23(6-2)27(18-22-14-10-20(4)11-15-22)24(28)17-21-12-8-19(3)9-13-21/h8-15,23H,5-7,16-18H2,1-4H3,(H,26,29). The van der Waals surface area contributed by atoms with Gasteiger partial charge in [0.2, 0.25) is 11.8 Å². The first-order valence-corrected chi connectivity index (χ1v) is 10.6. The molecule has 0 aliphatic carbocycles. The van der Waals surface area contributed by atoms with Crippen LogP contribution in [0.25, 0.3) is 0 Å². The summed E-state index contributed by atoms with van der Waals surface area (Å²) >= 11 is 0. The Morgan fingerprint density at radius 2 is 1.45 bits per heavy atom. The van der Waals surface area contributed by atoms with E-state index in [1.54, 1.807) is 4.90 Å². The van der Waals surface area contributed by atoms with Crippen molar-refractivity contribution in [3.05, 3.63) is 70.8 Å². The van der Waals surface area contributed by atoms with Gasteiger partial charge in [0.25, 0.3) is 0 Å². The Morgan fingerprint density at radius 3 is 1.97 bits per heavy atom. The molecule has 0 aliphatic rings. The molecule has 0 saturated heterocycles. The van der Waals surface area contributed by atoms with E-state index in [0.29, 0.717) is 25.9 Å². The second-order valence-electron chi connectivity index (χ2n) is 7.74. The summed E-state index contributed by atoms with van der Waals surface area (Å²) in [4.78, 5) is 27.8. The molecule has 0 radical (unpaired) electrons. The quantitative estimate of drug-likeness (QED) is 0.600. The molecule has 0 saturated carbocycles. The predicted octanol–water partition coefficient (Wildman–Crippen LogP) is 4.57. The van der Waals surface area contributed by atoms with E-state index in [1.807, 2.05) is 69.3 Å². The van der Waals surface area contributed by atoms with Gasteiger partial charge in [0, 0.05) is 13.1 Å². The molecule has 2 aromatic carbocycles. The van der Waals surface area contributed by atoms with E-state index in [4.69, 9.17) is 0 Å². The highest BCUT2D eigenvalue weighted by atomic mass is 16.2. The summed E-state index contributed by atoms with van der Waals surface area (Å²) in [5, 5.41) is 3.00. The molecule has 2 amide bonds. The van der Waals surface area contributed by atoms with Gasteiger partial charge >= 0.3 is 0 Å². The number of hydrogen-bond donors (Lipinski definition) is 1. The minimum absolute atomic E-state index is 0.0214. The minimum atomic E-state index is -0.467. The smallest absolute Gasteiger partial charge is 0.242 e. The normalized spacial score (nSPS) is 11.7. The zero-order valence-electron chi connectivity index (χ0n) is 18.2. The first-order valence-electron chi connectivity index (χ1n) is 10.6. The number of carbonyl (C=O) groups is 2. The van der Waals surface area contributed by atoms with Gasteiger partial charge in [-0.15, -0.1) is 0 Å². The molecule has 1 unspecified atom stereocenters. The second-order valence-corrected chi connectivity index (χ2v) is 7.74. The van der Waals surface area contributed by atoms with E-state index in [9.17, 15) is 9.59 Å². The summed E-state index contributed by atoms with van der Waals surface area (Å²) in [6.07, 6.45) is 2.85. The molecule has 4 nitrogen and oxygen atoms in total. The van der Waals surface area contributed by atoms with Crippen molar-refractivity contribution < 1.29 is 9.59 Å². The lowest BCUT2D eigenvalue weighted by molar-refractivity contribution is -0.140. The zero-order valence-corrected chi connectivity index (χ0v) is 18.2. The van der Waals surface area contributed by atoms with E-state index < -0.39 is 6.04 Å². The zero-order chi connectivity index (χ0) is 21.2. The van der Waals surface area contributed by atoms with Crippen LogP contribution in [0.2, 0.25) is 0 Å². The maximum Gasteiger partial charge on any atom is 0.242 e. The van der Waals surface area contributed by atoms with Crippen LogP contribution in [0.15, 0.2) is 48.5 Å². The lowest BCUT2D eigenvalue weighted by Crippen LogP contribution is -2.49. The van der Waals surface area contributed by atoms with E-state index >= 15 is 0 Å². The van der Waals surface area contributed by atoms with E-state index in [-0.39, 0.29) is 11.8 Å². The summed E-state index contributed by atoms with van der Waals surface area (Å²) in [6.45, 7) is 9.22. The number of hydrogen-bond acceptors (Lipinski definition) is 2. The highest BCUT2D eigenvalue weighted by Crippen LogP contribution is 2.16. The van der Waals surface area contributed by atoms with Gasteiger partial charge in [-0.1, -0.05) is 79.9 Å². The second kappa shape index (κ2) is 11.4. The third kappa shape index (κ3) is 7.04. The fraction of sp³-hybridized carbons (Fsp3) is 0.440. The monoisotopic (exact) mass is 394 g/mol. The highest BCUT2D eigenvalue weighted by molar-refractivity contribution is 5.88. The molecule has 0 fully saturated rings. The van der Waals surface area contributed by atoms with Gasteiger partial charge in [0.1, 0.15) is 6.04 Å². The van der Waals surface area contributed by atoms with Crippen molar-refractivity contribution in [1.82, 2.24) is 10.2 Å². The molecule has 0 aromatic heterocycles. The highest BCUT2D eigenvalue weighted by Gasteiger charge is 2.28. The van der Waals surface area contributed by atoms with Gasteiger partial charge in [-0.05, 0) is 37.8 Å². The van der Waals surface area contributed by atoms with Gasteiger partial charge in [0.15, 0.2) is 0 Å². The molecule has 0 heterocycles. The number of benzene rings is 2. The molecule has 156 valence electrons. The third-order valence-corrected chi connectivity index (χ3v) is 5.16. The largest absolute Gasteiger partial charge is 0.354 e. The number of rotatable bonds is 10. The molecule has 0 bridgehead atoms. The number of unbranched alkanes of at least 4 members (excludes halogenated alkanes) is 1. The number of aryl methyl sites for hydroxylation is 2. The van der Waals surface area contributed by atoms with E-state index in [2.05, 4.69) is 12.2 Å². The first kappa shape index (κ1) is 22.7. The molecule has 2 rings (SSSR count). The van der Waals surface area contributed by atoms with Gasteiger partial charge in [0.05, 0.1) is 6.42 Å². The molecular weight excluding hydrogens is 360 g/mol. The Kier molecular flexibility index (Phi) is 8.91. The number of nitrogens with one attached hydrogen (secondary N) is 1. The Morgan fingerprint density at radius 1 is 0.897 bits per heavy atom. The molecule has 4 heteroatoms. The van der Waals surface area contributed by atoms with Crippen molar-refractivity contribution in [2.24, 2.45) is 0 Å². The molecule has 2 aromatic rings. The van der Waals surface area contributed by atoms with Crippen LogP contribution in [-0.2, 0) is 22.6 Å². The average molecular weight is 395 g/mol. The first-order chi connectivity index (χ1) is 13.9. The van der Waals surface area contributed by atoms with Crippen molar-refractivity contribution >= 4 is 11.8 Å². The third-order valence-electron chi connectivity index (χ3n) is 5.16. The molecule has 1 N–H and O–H groups in total. The average Bonchev–Trinajstić information content (AvgIpc) is 2.71. The van der Waals surface area contributed by atoms with Crippen molar-refractivity contribution in [3.8, 4) is 0 Å². The Hall–Kier alpha value is -2.62. The van der Waals surface area contributed by atoms with Gasteiger partial charge in [-0.25, -0.2) is 0 Å². The lowest BCUT2D eigenvalue weighted by atomic mass is 10.1. The van der Waals surface area contributed by atoms with Gasteiger partial charge in [-0.3, -0.25) is 9.59 Å². The molecule has 29 heavy (non-hydrogen) atoms. The number of nitrogens with zero attached hydrogens (tertiary/aromatic N) is 1. The predicted molar refractivity (Wildman–Crippen MR) is 119 cm³/mol. The summed E-state index contributed by atoms with van der Waals surface area (Å²) in [5.41, 5.74) is 4.35. The Labute approximate surface area is 175 Å². The van der Waals surface area contributed by atoms with Crippen molar-refractivity contribution in [3.63, 3.8) is 0 Å². The van der Waals surface area contributed by atoms with Gasteiger partial charge in [-0.2, -0.15) is 0 Å². The molecule has 1 atom stereocenters. The van der Waals surface area contributed by atoms with Crippen LogP contribution in [0.4, 0.5) is 0 Å². The van der Waals surface area contributed by atoms with E-state index in [1.165, 1.54) is 11.1 Å². The number of carbonyl (C=O) groups excluding carboxylic acids is 2. The number of amides is 2.